The van der Waals surface area contributed by atoms with Crippen molar-refractivity contribution in [2.45, 2.75) is 134 Å². The number of quaternary nitrogens is 1. The molecule has 2 heteroatoms. The predicted octanol–water partition coefficient (Wildman–Crippen LogP) is 6.47. The van der Waals surface area contributed by atoms with Gasteiger partial charge in [-0.05, 0) is 77.0 Å². The molecule has 0 aromatic rings. The van der Waals surface area contributed by atoms with Gasteiger partial charge in [0.05, 0.1) is 18.1 Å². The molecule has 3 aliphatic carbocycles. The van der Waals surface area contributed by atoms with E-state index in [4.69, 9.17) is 0 Å². The van der Waals surface area contributed by atoms with Crippen LogP contribution in [0.1, 0.15) is 116 Å². The van der Waals surface area contributed by atoms with Gasteiger partial charge in [0.25, 0.3) is 0 Å². The van der Waals surface area contributed by atoms with Gasteiger partial charge in [0.2, 0.25) is 0 Å². The van der Waals surface area contributed by atoms with Crippen LogP contribution >= 0.6 is 0 Å². The van der Waals surface area contributed by atoms with Crippen LogP contribution in [-0.2, 0) is 0 Å². The first-order valence-electron chi connectivity index (χ1n) is 10.9. The van der Waals surface area contributed by atoms with E-state index in [0.717, 1.165) is 0 Å². The van der Waals surface area contributed by atoms with Gasteiger partial charge in [0.1, 0.15) is 0 Å². The molecular weight excluding hydrogens is 282 g/mol. The summed E-state index contributed by atoms with van der Waals surface area (Å²) in [6.45, 7) is 0. The first-order chi connectivity index (χ1) is 11.3. The maximum Gasteiger partial charge on any atom is 0.0891 e. The van der Waals surface area contributed by atoms with Crippen LogP contribution in [0.4, 0.5) is 0 Å². The molecule has 0 N–H and O–H groups in total. The highest BCUT2D eigenvalue weighted by atomic mass is 16.6. The third-order valence-electron chi connectivity index (χ3n) is 7.19. The summed E-state index contributed by atoms with van der Waals surface area (Å²) in [7, 11) is 0. The van der Waals surface area contributed by atoms with E-state index < -0.39 is 0 Å². The Morgan fingerprint density at radius 2 is 0.609 bits per heavy atom. The summed E-state index contributed by atoms with van der Waals surface area (Å²) in [5.41, 5.74) is 0. The minimum absolute atomic E-state index is 0.250. The Hall–Kier alpha value is -0.0800. The third-order valence-corrected chi connectivity index (χ3v) is 7.19. The molecule has 2 nitrogen and oxygen atoms in total. The van der Waals surface area contributed by atoms with Crippen molar-refractivity contribution in [3.8, 4) is 0 Å². The summed E-state index contributed by atoms with van der Waals surface area (Å²) in [5.74, 6) is 0. The van der Waals surface area contributed by atoms with Gasteiger partial charge in [-0.3, -0.25) is 0 Å². The van der Waals surface area contributed by atoms with E-state index in [2.05, 4.69) is 0 Å². The zero-order valence-electron chi connectivity index (χ0n) is 15.3. The smallest absolute Gasteiger partial charge is 0.0891 e. The fourth-order valence-corrected chi connectivity index (χ4v) is 5.88. The molecule has 0 atom stereocenters. The molecule has 0 aromatic carbocycles. The van der Waals surface area contributed by atoms with Crippen LogP contribution in [0, 0.1) is 5.21 Å². The Bertz CT molecular complexity index is 268. The Labute approximate surface area is 144 Å². The molecule has 0 saturated heterocycles. The van der Waals surface area contributed by atoms with Crippen molar-refractivity contribution >= 4 is 0 Å². The molecule has 0 aromatic heterocycles. The van der Waals surface area contributed by atoms with Crippen molar-refractivity contribution in [3.05, 3.63) is 5.21 Å². The molecule has 0 bridgehead atoms. The second-order valence-corrected chi connectivity index (χ2v) is 8.70. The molecule has 0 heterocycles. The van der Waals surface area contributed by atoms with Gasteiger partial charge < -0.3 is 9.85 Å². The van der Waals surface area contributed by atoms with Gasteiger partial charge in [-0.2, -0.15) is 0 Å². The molecule has 3 saturated carbocycles. The summed E-state index contributed by atoms with van der Waals surface area (Å²) in [5, 5.41) is 14.6. The highest BCUT2D eigenvalue weighted by Gasteiger charge is 2.42. The van der Waals surface area contributed by atoms with Gasteiger partial charge in [-0.25, -0.2) is 0 Å². The first kappa shape index (κ1) is 17.7. The van der Waals surface area contributed by atoms with Gasteiger partial charge >= 0.3 is 0 Å². The normalized spacial score (nSPS) is 28.0. The fourth-order valence-electron chi connectivity index (χ4n) is 5.88. The van der Waals surface area contributed by atoms with E-state index in [0.29, 0.717) is 18.1 Å². The third kappa shape index (κ3) is 4.31. The lowest BCUT2D eigenvalue weighted by Crippen LogP contribution is -2.62. The molecule has 134 valence electrons. The predicted molar refractivity (Wildman–Crippen MR) is 98.1 cm³/mol. The SMILES string of the molecule is [O-][N+](C1CCCCCC1)(C1CCCCCC1)C1CCCCCC1. The van der Waals surface area contributed by atoms with Gasteiger partial charge in [0, 0.05) is 0 Å². The van der Waals surface area contributed by atoms with Crippen LogP contribution in [-0.4, -0.2) is 22.8 Å². The Morgan fingerprint density at radius 1 is 0.391 bits per heavy atom. The Morgan fingerprint density at radius 3 is 0.826 bits per heavy atom. The van der Waals surface area contributed by atoms with Crippen LogP contribution in [0.5, 0.6) is 0 Å². The van der Waals surface area contributed by atoms with Crippen molar-refractivity contribution < 1.29 is 4.65 Å². The summed E-state index contributed by atoms with van der Waals surface area (Å²) < 4.78 is 0.250. The molecule has 3 fully saturated rings. The van der Waals surface area contributed by atoms with E-state index in [9.17, 15) is 5.21 Å². The van der Waals surface area contributed by atoms with Crippen LogP contribution in [0.25, 0.3) is 0 Å². The largest absolute Gasteiger partial charge is 0.632 e. The van der Waals surface area contributed by atoms with Gasteiger partial charge in [-0.1, -0.05) is 38.5 Å². The summed E-state index contributed by atoms with van der Waals surface area (Å²) in [4.78, 5) is 0. The minimum atomic E-state index is 0.250. The summed E-state index contributed by atoms with van der Waals surface area (Å²) >= 11 is 0. The van der Waals surface area contributed by atoms with Crippen molar-refractivity contribution in [1.82, 2.24) is 0 Å². The molecular formula is C21H39NO. The van der Waals surface area contributed by atoms with Crippen LogP contribution in [0.15, 0.2) is 0 Å². The monoisotopic (exact) mass is 321 g/mol. The standard InChI is InChI=1S/C21H39NO/c23-22(19-13-7-1-2-8-14-19,20-15-9-3-4-10-16-20)21-17-11-5-6-12-18-21/h19-21H,1-18H2. The average Bonchev–Trinajstić information content (AvgIpc) is 3.10. The Kier molecular flexibility index (Phi) is 6.83. The Balaban J connectivity index is 1.82. The highest BCUT2D eigenvalue weighted by Crippen LogP contribution is 2.40. The lowest BCUT2D eigenvalue weighted by atomic mass is 9.93. The maximum absolute atomic E-state index is 14.6. The molecule has 3 aliphatic rings. The fraction of sp³-hybridized carbons (Fsp3) is 1.00. The average molecular weight is 322 g/mol. The van der Waals surface area contributed by atoms with Crippen molar-refractivity contribution in [3.63, 3.8) is 0 Å². The molecule has 3 rings (SSSR count). The second kappa shape index (κ2) is 8.85. The first-order valence-corrected chi connectivity index (χ1v) is 10.9. The lowest BCUT2D eigenvalue weighted by Gasteiger charge is -2.59. The molecule has 0 radical (unpaired) electrons. The second-order valence-electron chi connectivity index (χ2n) is 8.70. The van der Waals surface area contributed by atoms with E-state index in [1.165, 1.54) is 116 Å². The van der Waals surface area contributed by atoms with Gasteiger partial charge in [-0.15, -0.1) is 0 Å². The quantitative estimate of drug-likeness (QED) is 0.332. The van der Waals surface area contributed by atoms with Crippen molar-refractivity contribution in [2.75, 3.05) is 0 Å². The van der Waals surface area contributed by atoms with E-state index in [1.54, 1.807) is 0 Å². The van der Waals surface area contributed by atoms with Crippen LogP contribution in [0.2, 0.25) is 0 Å². The molecule has 0 aliphatic heterocycles. The number of hydrogen-bond acceptors (Lipinski definition) is 1. The number of nitrogens with zero attached hydrogens (tertiary/aromatic N) is 1. The number of hydroxylamine groups is 3. The lowest BCUT2D eigenvalue weighted by molar-refractivity contribution is -0.953. The van der Waals surface area contributed by atoms with E-state index in [-0.39, 0.29) is 4.65 Å². The zero-order valence-corrected chi connectivity index (χ0v) is 15.3. The van der Waals surface area contributed by atoms with E-state index in [1.807, 2.05) is 0 Å². The minimum Gasteiger partial charge on any atom is -0.632 e. The van der Waals surface area contributed by atoms with Crippen molar-refractivity contribution in [1.29, 1.82) is 0 Å². The summed E-state index contributed by atoms with van der Waals surface area (Å²) in [6.07, 6.45) is 23.4. The van der Waals surface area contributed by atoms with Crippen molar-refractivity contribution in [2.24, 2.45) is 0 Å². The van der Waals surface area contributed by atoms with Crippen LogP contribution in [0.3, 0.4) is 0 Å². The van der Waals surface area contributed by atoms with Gasteiger partial charge in [0.15, 0.2) is 0 Å². The maximum atomic E-state index is 14.6. The van der Waals surface area contributed by atoms with E-state index >= 15 is 0 Å². The highest BCUT2D eigenvalue weighted by molar-refractivity contribution is 4.79. The number of hydrogen-bond donors (Lipinski definition) is 0. The topological polar surface area (TPSA) is 23.1 Å². The van der Waals surface area contributed by atoms with Crippen LogP contribution < -0.4 is 0 Å². The molecule has 0 spiro atoms. The molecule has 0 amide bonds. The molecule has 0 unspecified atom stereocenters. The number of rotatable bonds is 3. The summed E-state index contributed by atoms with van der Waals surface area (Å²) in [6, 6.07) is 1.30. The zero-order chi connectivity index (χ0) is 16.0. The molecule has 23 heavy (non-hydrogen) atoms.